The van der Waals surface area contributed by atoms with Gasteiger partial charge in [0.25, 0.3) is 0 Å². The van der Waals surface area contributed by atoms with Gasteiger partial charge in [-0.2, -0.15) is 0 Å². The smallest absolute Gasteiger partial charge is 0.320 e. The molecule has 0 aromatic heterocycles. The Morgan fingerprint density at radius 1 is 1.25 bits per heavy atom. The number of rotatable bonds is 3. The van der Waals surface area contributed by atoms with Crippen LogP contribution in [0, 0.1) is 11.8 Å². The van der Waals surface area contributed by atoms with Crippen LogP contribution >= 0.6 is 0 Å². The third-order valence-corrected chi connectivity index (χ3v) is 4.08. The Hall–Kier alpha value is -1.34. The minimum atomic E-state index is -0.817. The number of aliphatic carboxylic acids is 1. The van der Waals surface area contributed by atoms with Crippen molar-refractivity contribution in [3.05, 3.63) is 0 Å². The summed E-state index contributed by atoms with van der Waals surface area (Å²) in [4.78, 5) is 26.5. The molecule has 114 valence electrons. The van der Waals surface area contributed by atoms with Crippen LogP contribution in [-0.4, -0.2) is 77.0 Å². The van der Waals surface area contributed by atoms with Crippen molar-refractivity contribution in [2.24, 2.45) is 11.8 Å². The van der Waals surface area contributed by atoms with Gasteiger partial charge in [-0.25, -0.2) is 4.79 Å². The van der Waals surface area contributed by atoms with E-state index in [1.165, 1.54) is 0 Å². The SMILES string of the molecule is CC1CN(C(=O)N2CC(C(C)C(=O)O)C2)CC(CO)O1. The molecule has 2 amide bonds. The molecule has 2 aliphatic rings. The number of carbonyl (C=O) groups is 2. The van der Waals surface area contributed by atoms with Crippen molar-refractivity contribution in [2.75, 3.05) is 32.8 Å². The zero-order chi connectivity index (χ0) is 14.9. The summed E-state index contributed by atoms with van der Waals surface area (Å²) in [6, 6.07) is -0.0903. The monoisotopic (exact) mass is 286 g/mol. The number of aliphatic hydroxyl groups excluding tert-OH is 1. The first-order valence-electron chi connectivity index (χ1n) is 6.95. The maximum atomic E-state index is 12.3. The number of aliphatic hydroxyl groups is 1. The van der Waals surface area contributed by atoms with Crippen molar-refractivity contribution in [1.82, 2.24) is 9.80 Å². The quantitative estimate of drug-likeness (QED) is 0.752. The first kappa shape index (κ1) is 15.1. The molecule has 2 rings (SSSR count). The fraction of sp³-hybridized carbons (Fsp3) is 0.846. The Morgan fingerprint density at radius 2 is 1.85 bits per heavy atom. The Bertz CT molecular complexity index is 383. The van der Waals surface area contributed by atoms with E-state index in [1.807, 2.05) is 6.92 Å². The second-order valence-electron chi connectivity index (χ2n) is 5.73. The van der Waals surface area contributed by atoms with Crippen LogP contribution in [0.2, 0.25) is 0 Å². The number of nitrogens with zero attached hydrogens (tertiary/aromatic N) is 2. The molecule has 7 heteroatoms. The lowest BCUT2D eigenvalue weighted by molar-refractivity contribution is -0.145. The standard InChI is InChI=1S/C13H22N2O5/c1-8-3-14(6-11(7-16)20-8)13(19)15-4-10(5-15)9(2)12(17)18/h8-11,16H,3-7H2,1-2H3,(H,17,18). The maximum Gasteiger partial charge on any atom is 0.320 e. The van der Waals surface area contributed by atoms with Crippen LogP contribution in [0.1, 0.15) is 13.8 Å². The summed E-state index contributed by atoms with van der Waals surface area (Å²) in [7, 11) is 0. The van der Waals surface area contributed by atoms with Crippen LogP contribution in [0.5, 0.6) is 0 Å². The average Bonchev–Trinajstić information content (AvgIpc) is 2.35. The Morgan fingerprint density at radius 3 is 2.40 bits per heavy atom. The highest BCUT2D eigenvalue weighted by atomic mass is 16.5. The molecule has 0 radical (unpaired) electrons. The van der Waals surface area contributed by atoms with E-state index in [2.05, 4.69) is 0 Å². The summed E-state index contributed by atoms with van der Waals surface area (Å²) < 4.78 is 5.50. The number of amides is 2. The number of hydrogen-bond donors (Lipinski definition) is 2. The van der Waals surface area contributed by atoms with Crippen molar-refractivity contribution in [1.29, 1.82) is 0 Å². The summed E-state index contributed by atoms with van der Waals surface area (Å²) in [6.07, 6.45) is -0.433. The molecule has 2 saturated heterocycles. The summed E-state index contributed by atoms with van der Waals surface area (Å²) in [5, 5.41) is 18.1. The van der Waals surface area contributed by atoms with E-state index in [1.54, 1.807) is 16.7 Å². The highest BCUT2D eigenvalue weighted by Crippen LogP contribution is 2.26. The lowest BCUT2D eigenvalue weighted by atomic mass is 9.87. The van der Waals surface area contributed by atoms with E-state index >= 15 is 0 Å². The highest BCUT2D eigenvalue weighted by Gasteiger charge is 2.40. The first-order valence-corrected chi connectivity index (χ1v) is 6.95. The van der Waals surface area contributed by atoms with Crippen molar-refractivity contribution in [2.45, 2.75) is 26.1 Å². The van der Waals surface area contributed by atoms with Gasteiger partial charge in [0.05, 0.1) is 31.3 Å². The van der Waals surface area contributed by atoms with Crippen molar-refractivity contribution < 1.29 is 24.5 Å². The van der Waals surface area contributed by atoms with Crippen LogP contribution in [-0.2, 0) is 9.53 Å². The Labute approximate surface area is 118 Å². The zero-order valence-electron chi connectivity index (χ0n) is 11.9. The van der Waals surface area contributed by atoms with E-state index in [-0.39, 0.29) is 30.8 Å². The molecule has 2 heterocycles. The number of urea groups is 1. The van der Waals surface area contributed by atoms with Gasteiger partial charge in [0, 0.05) is 25.6 Å². The van der Waals surface area contributed by atoms with Crippen LogP contribution < -0.4 is 0 Å². The van der Waals surface area contributed by atoms with E-state index < -0.39 is 11.9 Å². The van der Waals surface area contributed by atoms with Gasteiger partial charge in [-0.05, 0) is 6.92 Å². The molecule has 0 aromatic carbocycles. The molecule has 20 heavy (non-hydrogen) atoms. The number of likely N-dealkylation sites (tertiary alicyclic amines) is 1. The summed E-state index contributed by atoms with van der Waals surface area (Å²) in [5.74, 6) is -1.21. The van der Waals surface area contributed by atoms with Gasteiger partial charge < -0.3 is 24.7 Å². The van der Waals surface area contributed by atoms with Crippen LogP contribution in [0.4, 0.5) is 4.79 Å². The molecule has 3 unspecified atom stereocenters. The predicted octanol–water partition coefficient (Wildman–Crippen LogP) is -0.159. The topological polar surface area (TPSA) is 90.3 Å². The number of morpholine rings is 1. The summed E-state index contributed by atoms with van der Waals surface area (Å²) in [6.45, 7) is 5.30. The molecule has 0 spiro atoms. The minimum absolute atomic E-state index is 0.0311. The van der Waals surface area contributed by atoms with E-state index in [4.69, 9.17) is 14.9 Å². The highest BCUT2D eigenvalue weighted by molar-refractivity contribution is 5.76. The number of carbonyl (C=O) groups excluding carboxylic acids is 1. The Kier molecular flexibility index (Phi) is 4.49. The van der Waals surface area contributed by atoms with Crippen molar-refractivity contribution in [3.63, 3.8) is 0 Å². The van der Waals surface area contributed by atoms with Crippen LogP contribution in [0.25, 0.3) is 0 Å². The molecule has 0 aliphatic carbocycles. The van der Waals surface area contributed by atoms with Crippen LogP contribution in [0.3, 0.4) is 0 Å². The van der Waals surface area contributed by atoms with Crippen molar-refractivity contribution in [3.8, 4) is 0 Å². The lowest BCUT2D eigenvalue weighted by Crippen LogP contribution is -2.60. The number of carboxylic acid groups (broad SMARTS) is 1. The molecule has 7 nitrogen and oxygen atoms in total. The summed E-state index contributed by atoms with van der Waals surface area (Å²) in [5.41, 5.74) is 0. The fourth-order valence-electron chi connectivity index (χ4n) is 2.69. The predicted molar refractivity (Wildman–Crippen MR) is 70.3 cm³/mol. The Balaban J connectivity index is 1.85. The summed E-state index contributed by atoms with van der Waals surface area (Å²) >= 11 is 0. The third-order valence-electron chi connectivity index (χ3n) is 4.08. The van der Waals surface area contributed by atoms with E-state index in [9.17, 15) is 9.59 Å². The lowest BCUT2D eigenvalue weighted by Gasteiger charge is -2.45. The van der Waals surface area contributed by atoms with Gasteiger partial charge in [0.1, 0.15) is 0 Å². The number of carboxylic acids is 1. The maximum absolute atomic E-state index is 12.3. The van der Waals surface area contributed by atoms with Gasteiger partial charge >= 0.3 is 12.0 Å². The third kappa shape index (κ3) is 3.04. The van der Waals surface area contributed by atoms with Crippen molar-refractivity contribution >= 4 is 12.0 Å². The van der Waals surface area contributed by atoms with E-state index in [0.717, 1.165) is 0 Å². The molecule has 0 saturated carbocycles. The molecule has 2 fully saturated rings. The molecular weight excluding hydrogens is 264 g/mol. The van der Waals surface area contributed by atoms with Gasteiger partial charge in [0.2, 0.25) is 0 Å². The van der Waals surface area contributed by atoms with Crippen LogP contribution in [0.15, 0.2) is 0 Å². The van der Waals surface area contributed by atoms with Gasteiger partial charge in [0.15, 0.2) is 0 Å². The largest absolute Gasteiger partial charge is 0.481 e. The second kappa shape index (κ2) is 5.97. The van der Waals surface area contributed by atoms with E-state index in [0.29, 0.717) is 26.2 Å². The van der Waals surface area contributed by atoms with Gasteiger partial charge in [-0.1, -0.05) is 6.92 Å². The minimum Gasteiger partial charge on any atom is -0.481 e. The number of ether oxygens (including phenoxy) is 1. The van der Waals surface area contributed by atoms with Gasteiger partial charge in [-0.15, -0.1) is 0 Å². The molecule has 2 N–H and O–H groups in total. The normalized spacial score (nSPS) is 28.9. The van der Waals surface area contributed by atoms with Gasteiger partial charge in [-0.3, -0.25) is 4.79 Å². The molecular formula is C13H22N2O5. The molecule has 0 aromatic rings. The fourth-order valence-corrected chi connectivity index (χ4v) is 2.69. The first-order chi connectivity index (χ1) is 9.42. The number of hydrogen-bond acceptors (Lipinski definition) is 4. The molecule has 0 bridgehead atoms. The molecule has 3 atom stereocenters. The zero-order valence-corrected chi connectivity index (χ0v) is 11.9. The molecule has 2 aliphatic heterocycles. The average molecular weight is 286 g/mol. The second-order valence-corrected chi connectivity index (χ2v) is 5.73.